The average molecular weight is 340 g/mol. The predicted octanol–water partition coefficient (Wildman–Crippen LogP) is 6.70. The number of unbranched alkanes of at least 4 members (excludes halogenated alkanes) is 4. The molecule has 0 amide bonds. The van der Waals surface area contributed by atoms with Crippen molar-refractivity contribution in [2.75, 3.05) is 5.32 Å². The van der Waals surface area contributed by atoms with Crippen molar-refractivity contribution >= 4 is 21.6 Å². The number of halogens is 1. The van der Waals surface area contributed by atoms with Gasteiger partial charge in [-0.25, -0.2) is 0 Å². The van der Waals surface area contributed by atoms with Gasteiger partial charge in [0.2, 0.25) is 0 Å². The minimum Gasteiger partial charge on any atom is -0.382 e. The second-order valence-corrected chi connectivity index (χ2v) is 6.60. The summed E-state index contributed by atoms with van der Waals surface area (Å²) < 4.78 is 1.20. The molecule has 0 aliphatic carbocycles. The SMILES string of the molecule is CCCCCC(CCCCC)Nc1cccc(Br)c1C. The van der Waals surface area contributed by atoms with Crippen molar-refractivity contribution in [3.8, 4) is 0 Å². The van der Waals surface area contributed by atoms with Crippen LogP contribution in [0.25, 0.3) is 0 Å². The van der Waals surface area contributed by atoms with E-state index in [1.165, 1.54) is 67.1 Å². The smallest absolute Gasteiger partial charge is 0.0383 e. The number of nitrogens with one attached hydrogen (secondary N) is 1. The molecule has 0 saturated carbocycles. The van der Waals surface area contributed by atoms with Crippen LogP contribution in [0.5, 0.6) is 0 Å². The molecule has 0 atom stereocenters. The van der Waals surface area contributed by atoms with Gasteiger partial charge < -0.3 is 5.32 Å². The van der Waals surface area contributed by atoms with Gasteiger partial charge in [-0.1, -0.05) is 74.4 Å². The molecule has 0 bridgehead atoms. The standard InChI is InChI=1S/C18H30BrN/c1-4-6-8-11-16(12-9-7-5-2)20-18-14-10-13-17(19)15(18)3/h10,13-14,16,20H,4-9,11-12H2,1-3H3. The number of rotatable bonds is 10. The van der Waals surface area contributed by atoms with E-state index in [4.69, 9.17) is 0 Å². The minimum absolute atomic E-state index is 0.626. The molecule has 0 fully saturated rings. The Kier molecular flexibility index (Phi) is 9.00. The van der Waals surface area contributed by atoms with Crippen molar-refractivity contribution in [1.29, 1.82) is 0 Å². The third-order valence-corrected chi connectivity index (χ3v) is 4.80. The second-order valence-electron chi connectivity index (χ2n) is 5.75. The van der Waals surface area contributed by atoms with E-state index in [1.807, 2.05) is 0 Å². The summed E-state index contributed by atoms with van der Waals surface area (Å²) in [6.07, 6.45) is 10.6. The summed E-state index contributed by atoms with van der Waals surface area (Å²) in [5, 5.41) is 3.78. The van der Waals surface area contributed by atoms with Crippen LogP contribution >= 0.6 is 15.9 Å². The highest BCUT2D eigenvalue weighted by atomic mass is 79.9. The van der Waals surface area contributed by atoms with Gasteiger partial charge in [-0.3, -0.25) is 0 Å². The summed E-state index contributed by atoms with van der Waals surface area (Å²) >= 11 is 3.62. The molecular formula is C18H30BrN. The summed E-state index contributed by atoms with van der Waals surface area (Å²) in [6.45, 7) is 6.73. The van der Waals surface area contributed by atoms with Crippen molar-refractivity contribution in [3.05, 3.63) is 28.2 Å². The topological polar surface area (TPSA) is 12.0 Å². The Morgan fingerprint density at radius 2 is 1.60 bits per heavy atom. The molecule has 1 nitrogen and oxygen atoms in total. The highest BCUT2D eigenvalue weighted by molar-refractivity contribution is 9.10. The summed E-state index contributed by atoms with van der Waals surface area (Å²) in [5.74, 6) is 0. The molecule has 114 valence electrons. The van der Waals surface area contributed by atoms with Gasteiger partial charge in [0.05, 0.1) is 0 Å². The molecule has 1 aromatic rings. The van der Waals surface area contributed by atoms with E-state index in [9.17, 15) is 0 Å². The van der Waals surface area contributed by atoms with Crippen molar-refractivity contribution in [2.24, 2.45) is 0 Å². The third-order valence-electron chi connectivity index (χ3n) is 3.94. The highest BCUT2D eigenvalue weighted by Gasteiger charge is 2.10. The Morgan fingerprint density at radius 1 is 1.00 bits per heavy atom. The molecule has 1 aromatic carbocycles. The van der Waals surface area contributed by atoms with Gasteiger partial charge in [-0.15, -0.1) is 0 Å². The van der Waals surface area contributed by atoms with Gasteiger partial charge in [0, 0.05) is 16.2 Å². The zero-order chi connectivity index (χ0) is 14.8. The zero-order valence-electron chi connectivity index (χ0n) is 13.3. The number of hydrogen-bond acceptors (Lipinski definition) is 1. The first-order valence-electron chi connectivity index (χ1n) is 8.20. The molecule has 2 heteroatoms. The van der Waals surface area contributed by atoms with Crippen molar-refractivity contribution in [3.63, 3.8) is 0 Å². The maximum atomic E-state index is 3.78. The Morgan fingerprint density at radius 3 is 2.15 bits per heavy atom. The lowest BCUT2D eigenvalue weighted by Crippen LogP contribution is -2.20. The van der Waals surface area contributed by atoms with Gasteiger partial charge >= 0.3 is 0 Å². The largest absolute Gasteiger partial charge is 0.382 e. The molecule has 0 aliphatic rings. The minimum atomic E-state index is 0.626. The zero-order valence-corrected chi connectivity index (χ0v) is 14.9. The molecule has 0 saturated heterocycles. The van der Waals surface area contributed by atoms with Crippen molar-refractivity contribution < 1.29 is 0 Å². The first-order valence-corrected chi connectivity index (χ1v) is 9.00. The van der Waals surface area contributed by atoms with Crippen LogP contribution in [0, 0.1) is 6.92 Å². The fourth-order valence-electron chi connectivity index (χ4n) is 2.55. The molecule has 1 N–H and O–H groups in total. The average Bonchev–Trinajstić information content (AvgIpc) is 2.44. The monoisotopic (exact) mass is 339 g/mol. The molecule has 0 aromatic heterocycles. The van der Waals surface area contributed by atoms with Crippen LogP contribution in [0.2, 0.25) is 0 Å². The van der Waals surface area contributed by atoms with Crippen molar-refractivity contribution in [2.45, 2.75) is 78.2 Å². The van der Waals surface area contributed by atoms with Crippen LogP contribution in [0.4, 0.5) is 5.69 Å². The molecule has 0 aliphatic heterocycles. The van der Waals surface area contributed by atoms with Crippen LogP contribution in [0.15, 0.2) is 22.7 Å². The summed E-state index contributed by atoms with van der Waals surface area (Å²) in [6, 6.07) is 7.06. The quantitative estimate of drug-likeness (QED) is 0.467. The van der Waals surface area contributed by atoms with E-state index in [0.717, 1.165) is 0 Å². The molecule has 20 heavy (non-hydrogen) atoms. The number of benzene rings is 1. The molecule has 0 spiro atoms. The van der Waals surface area contributed by atoms with Gasteiger partial charge in [-0.2, -0.15) is 0 Å². The fraction of sp³-hybridized carbons (Fsp3) is 0.667. The van der Waals surface area contributed by atoms with Crippen LogP contribution < -0.4 is 5.32 Å². The Hall–Kier alpha value is -0.500. The maximum Gasteiger partial charge on any atom is 0.0383 e. The second kappa shape index (κ2) is 10.3. The van der Waals surface area contributed by atoms with Crippen LogP contribution in [0.3, 0.4) is 0 Å². The van der Waals surface area contributed by atoms with E-state index in [-0.39, 0.29) is 0 Å². The first kappa shape index (κ1) is 17.6. The Balaban J connectivity index is 2.59. The third kappa shape index (κ3) is 6.30. The molecule has 0 radical (unpaired) electrons. The summed E-state index contributed by atoms with van der Waals surface area (Å²) in [5.41, 5.74) is 2.61. The van der Waals surface area contributed by atoms with Crippen LogP contribution in [0.1, 0.15) is 70.8 Å². The number of anilines is 1. The number of hydrogen-bond donors (Lipinski definition) is 1. The molecular weight excluding hydrogens is 310 g/mol. The molecule has 0 heterocycles. The predicted molar refractivity (Wildman–Crippen MR) is 94.6 cm³/mol. The van der Waals surface area contributed by atoms with E-state index >= 15 is 0 Å². The normalized spacial score (nSPS) is 11.1. The highest BCUT2D eigenvalue weighted by Crippen LogP contribution is 2.25. The van der Waals surface area contributed by atoms with Crippen molar-refractivity contribution in [1.82, 2.24) is 0 Å². The van der Waals surface area contributed by atoms with Crippen LogP contribution in [-0.4, -0.2) is 6.04 Å². The van der Waals surface area contributed by atoms with E-state index in [1.54, 1.807) is 0 Å². The molecule has 1 rings (SSSR count). The van der Waals surface area contributed by atoms with E-state index in [0.29, 0.717) is 6.04 Å². The van der Waals surface area contributed by atoms with Gasteiger partial charge in [0.15, 0.2) is 0 Å². The van der Waals surface area contributed by atoms with E-state index in [2.05, 4.69) is 60.2 Å². The van der Waals surface area contributed by atoms with E-state index < -0.39 is 0 Å². The summed E-state index contributed by atoms with van der Waals surface area (Å²) in [7, 11) is 0. The Labute approximate surface area is 133 Å². The fourth-order valence-corrected chi connectivity index (χ4v) is 2.92. The summed E-state index contributed by atoms with van der Waals surface area (Å²) in [4.78, 5) is 0. The Bertz CT molecular complexity index is 366. The van der Waals surface area contributed by atoms with Gasteiger partial charge in [0.25, 0.3) is 0 Å². The van der Waals surface area contributed by atoms with Gasteiger partial charge in [-0.05, 0) is 37.5 Å². The maximum absolute atomic E-state index is 3.78. The van der Waals surface area contributed by atoms with Crippen LogP contribution in [-0.2, 0) is 0 Å². The lowest BCUT2D eigenvalue weighted by atomic mass is 10.0. The first-order chi connectivity index (χ1) is 9.69. The molecule has 0 unspecified atom stereocenters. The van der Waals surface area contributed by atoms with Gasteiger partial charge in [0.1, 0.15) is 0 Å². The lowest BCUT2D eigenvalue weighted by molar-refractivity contribution is 0.526. The lowest BCUT2D eigenvalue weighted by Gasteiger charge is -2.21.